The van der Waals surface area contributed by atoms with Gasteiger partial charge in [-0.2, -0.15) is 0 Å². The van der Waals surface area contributed by atoms with Crippen LogP contribution in [0.5, 0.6) is 0 Å². The Labute approximate surface area is 92.6 Å². The Morgan fingerprint density at radius 3 is 1.62 bits per heavy atom. The monoisotopic (exact) mass is 236 g/mol. The van der Waals surface area contributed by atoms with Crippen LogP contribution in [-0.4, -0.2) is 39.5 Å². The van der Waals surface area contributed by atoms with E-state index in [9.17, 15) is 14.4 Å². The van der Waals surface area contributed by atoms with E-state index in [0.717, 1.165) is 0 Å². The normalized spacial score (nSPS) is 10.7. The minimum Gasteiger partial charge on any atom is -0.481 e. The van der Waals surface area contributed by atoms with Crippen LogP contribution in [0.4, 0.5) is 0 Å². The summed E-state index contributed by atoms with van der Waals surface area (Å²) in [6.07, 6.45) is -1.07. The van der Waals surface area contributed by atoms with Crippen LogP contribution in [0.25, 0.3) is 0 Å². The third-order valence-corrected chi connectivity index (χ3v) is 1.20. The number of hydrogen-bond acceptors (Lipinski definition) is 5. The second-order valence-electron chi connectivity index (χ2n) is 2.76. The number of ether oxygens (including phenoxy) is 1. The second-order valence-corrected chi connectivity index (χ2v) is 2.76. The van der Waals surface area contributed by atoms with Crippen molar-refractivity contribution in [3.05, 3.63) is 0 Å². The predicted octanol–water partition coefficient (Wildman–Crippen LogP) is 0.214. The lowest BCUT2D eigenvalue weighted by Crippen LogP contribution is -2.13. The van der Waals surface area contributed by atoms with Gasteiger partial charge in [0.05, 0.1) is 12.8 Å². The Morgan fingerprint density at radius 1 is 1.12 bits per heavy atom. The molecule has 1 unspecified atom stereocenters. The number of aliphatic hydroxyl groups excluding tert-OH is 1. The van der Waals surface area contributed by atoms with Crippen LogP contribution in [0.2, 0.25) is 0 Å². The topological polar surface area (TPSA) is 121 Å². The first-order valence-corrected chi connectivity index (χ1v) is 4.58. The lowest BCUT2D eigenvalue weighted by molar-refractivity contribution is -0.165. The Kier molecular flexibility index (Phi) is 10.4. The molecule has 94 valence electrons. The molecule has 0 fully saturated rings. The minimum absolute atomic E-state index is 0.296. The summed E-state index contributed by atoms with van der Waals surface area (Å²) in [5.74, 6) is -2.60. The lowest BCUT2D eigenvalue weighted by Gasteiger charge is -2.05. The van der Waals surface area contributed by atoms with Crippen LogP contribution in [0.1, 0.15) is 33.1 Å². The van der Waals surface area contributed by atoms with Crippen molar-refractivity contribution in [2.24, 2.45) is 0 Å². The summed E-state index contributed by atoms with van der Waals surface area (Å²) in [5, 5.41) is 24.4. The van der Waals surface area contributed by atoms with Gasteiger partial charge in [-0.25, -0.2) is 0 Å². The van der Waals surface area contributed by atoms with Gasteiger partial charge in [-0.05, 0) is 0 Å². The molecule has 7 heteroatoms. The van der Waals surface area contributed by atoms with E-state index in [4.69, 9.17) is 15.3 Å². The molecule has 0 amide bonds. The number of carbonyl (C=O) groups excluding carboxylic acids is 1. The number of aliphatic carboxylic acids is 2. The molecular formula is C9H16O7. The van der Waals surface area contributed by atoms with Crippen molar-refractivity contribution in [2.45, 2.75) is 39.4 Å². The molecule has 3 N–H and O–H groups in total. The van der Waals surface area contributed by atoms with Gasteiger partial charge in [-0.15, -0.1) is 0 Å². The third-order valence-electron chi connectivity index (χ3n) is 1.20. The first-order valence-electron chi connectivity index (χ1n) is 4.58. The highest BCUT2D eigenvalue weighted by molar-refractivity contribution is 5.75. The van der Waals surface area contributed by atoms with Gasteiger partial charge in [-0.3, -0.25) is 14.4 Å². The summed E-state index contributed by atoms with van der Waals surface area (Å²) < 4.78 is 4.32. The van der Waals surface area contributed by atoms with E-state index < -0.39 is 24.2 Å². The number of rotatable bonds is 5. The highest BCUT2D eigenvalue weighted by Gasteiger charge is 2.01. The molecule has 16 heavy (non-hydrogen) atoms. The Hall–Kier alpha value is -1.63. The summed E-state index contributed by atoms with van der Waals surface area (Å²) in [6.45, 7) is 2.99. The van der Waals surface area contributed by atoms with Crippen LogP contribution in [0.3, 0.4) is 0 Å². The zero-order chi connectivity index (χ0) is 13.1. The number of carbonyl (C=O) groups is 3. The van der Waals surface area contributed by atoms with Gasteiger partial charge in [0.1, 0.15) is 0 Å². The van der Waals surface area contributed by atoms with Gasteiger partial charge < -0.3 is 20.1 Å². The molecule has 0 rings (SSSR count). The highest BCUT2D eigenvalue weighted by Crippen LogP contribution is 1.91. The molecule has 0 saturated carbocycles. The number of carboxylic acid groups (broad SMARTS) is 2. The maximum absolute atomic E-state index is 10.0. The molecule has 7 nitrogen and oxygen atoms in total. The quantitative estimate of drug-likeness (QED) is 0.461. The Bertz CT molecular complexity index is 222. The largest absolute Gasteiger partial charge is 0.481 e. The van der Waals surface area contributed by atoms with Crippen LogP contribution in [0.15, 0.2) is 0 Å². The zero-order valence-electron chi connectivity index (χ0n) is 9.17. The van der Waals surface area contributed by atoms with Crippen LogP contribution in [-0.2, 0) is 19.1 Å². The van der Waals surface area contributed by atoms with Crippen molar-refractivity contribution in [3.8, 4) is 0 Å². The summed E-state index contributed by atoms with van der Waals surface area (Å²) >= 11 is 0. The number of hydrogen-bond donors (Lipinski definition) is 3. The molecule has 0 saturated heterocycles. The maximum Gasteiger partial charge on any atom is 0.304 e. The van der Waals surface area contributed by atoms with Crippen molar-refractivity contribution in [3.63, 3.8) is 0 Å². The Morgan fingerprint density at radius 2 is 1.50 bits per heavy atom. The molecule has 0 aliphatic heterocycles. The van der Waals surface area contributed by atoms with Gasteiger partial charge in [0.15, 0.2) is 6.29 Å². The molecule has 0 aromatic rings. The smallest absolute Gasteiger partial charge is 0.304 e. The van der Waals surface area contributed by atoms with Crippen LogP contribution in [0, 0.1) is 0 Å². The summed E-state index contributed by atoms with van der Waals surface area (Å²) in [4.78, 5) is 29.3. The van der Waals surface area contributed by atoms with E-state index in [-0.39, 0.29) is 12.8 Å². The first-order chi connectivity index (χ1) is 7.29. The molecule has 0 aliphatic rings. The van der Waals surface area contributed by atoms with Crippen LogP contribution >= 0.6 is 0 Å². The number of esters is 1. The number of aliphatic hydroxyl groups is 1. The zero-order valence-corrected chi connectivity index (χ0v) is 9.17. The number of carboxylic acids is 2. The van der Waals surface area contributed by atoms with E-state index in [2.05, 4.69) is 4.74 Å². The molecular weight excluding hydrogens is 220 g/mol. The van der Waals surface area contributed by atoms with Gasteiger partial charge in [-0.1, -0.05) is 6.92 Å². The molecule has 0 aliphatic carbocycles. The predicted molar refractivity (Wildman–Crippen MR) is 52.6 cm³/mol. The fourth-order valence-electron chi connectivity index (χ4n) is 0.489. The van der Waals surface area contributed by atoms with Crippen LogP contribution < -0.4 is 0 Å². The minimum atomic E-state index is -1.08. The van der Waals surface area contributed by atoms with Gasteiger partial charge >= 0.3 is 17.9 Å². The van der Waals surface area contributed by atoms with Gasteiger partial charge in [0.25, 0.3) is 0 Å². The summed E-state index contributed by atoms with van der Waals surface area (Å²) in [5.41, 5.74) is 0. The van der Waals surface area contributed by atoms with Crippen molar-refractivity contribution >= 4 is 17.9 Å². The van der Waals surface area contributed by atoms with Gasteiger partial charge in [0.2, 0.25) is 0 Å². The van der Waals surface area contributed by atoms with E-state index in [1.54, 1.807) is 6.92 Å². The van der Waals surface area contributed by atoms with Crippen molar-refractivity contribution in [1.82, 2.24) is 0 Å². The molecule has 0 bridgehead atoms. The second kappa shape index (κ2) is 9.91. The maximum atomic E-state index is 10.0. The fourth-order valence-corrected chi connectivity index (χ4v) is 0.489. The van der Waals surface area contributed by atoms with Crippen molar-refractivity contribution in [1.29, 1.82) is 0 Å². The lowest BCUT2D eigenvalue weighted by atomic mass is 10.3. The van der Waals surface area contributed by atoms with E-state index in [1.807, 2.05) is 0 Å². The summed E-state index contributed by atoms with van der Waals surface area (Å²) in [6, 6.07) is 0. The fraction of sp³-hybridized carbons (Fsp3) is 0.667. The average molecular weight is 236 g/mol. The third kappa shape index (κ3) is 18.2. The van der Waals surface area contributed by atoms with E-state index in [0.29, 0.717) is 6.42 Å². The molecule has 0 spiro atoms. The molecule has 0 aromatic carbocycles. The SMILES string of the molecule is CCC(O)OC(C)=O.O=C(O)CCC(=O)O. The molecule has 1 atom stereocenters. The average Bonchev–Trinajstić information content (AvgIpc) is 2.14. The summed E-state index contributed by atoms with van der Waals surface area (Å²) in [7, 11) is 0. The molecule has 0 radical (unpaired) electrons. The van der Waals surface area contributed by atoms with Crippen molar-refractivity contribution in [2.75, 3.05) is 0 Å². The highest BCUT2D eigenvalue weighted by atomic mass is 16.6. The molecule has 0 heterocycles. The van der Waals surface area contributed by atoms with Crippen molar-refractivity contribution < 1.29 is 34.4 Å². The first kappa shape index (κ1) is 16.8. The van der Waals surface area contributed by atoms with E-state index >= 15 is 0 Å². The van der Waals surface area contributed by atoms with E-state index in [1.165, 1.54) is 6.92 Å². The standard InChI is InChI=1S/C5H10O3.C4H6O4/c1-3-5(7)8-4(2)6;5-3(6)1-2-4(7)8/h5,7H,3H2,1-2H3;1-2H2,(H,5,6)(H,7,8). The Balaban J connectivity index is 0. The molecule has 0 aromatic heterocycles. The van der Waals surface area contributed by atoms with Gasteiger partial charge in [0, 0.05) is 13.3 Å².